The molecule has 0 bridgehead atoms. The zero-order valence-electron chi connectivity index (χ0n) is 16.2. The molecule has 7 nitrogen and oxygen atoms in total. The average molecular weight is 364 g/mol. The summed E-state index contributed by atoms with van der Waals surface area (Å²) in [5, 5.41) is 0. The van der Waals surface area contributed by atoms with Crippen LogP contribution in [0.15, 0.2) is 0 Å². The summed E-state index contributed by atoms with van der Waals surface area (Å²) in [6, 6.07) is -0.394. The summed E-state index contributed by atoms with van der Waals surface area (Å²) in [6.07, 6.45) is 1.63. The molecule has 0 amide bonds. The summed E-state index contributed by atoms with van der Waals surface area (Å²) in [6.45, 7) is 8.75. The van der Waals surface area contributed by atoms with Crippen LogP contribution in [-0.2, 0) is 14.3 Å². The zero-order chi connectivity index (χ0) is 19.4. The predicted octanol–water partition coefficient (Wildman–Crippen LogP) is 2.26. The van der Waals surface area contributed by atoms with Gasteiger partial charge in [-0.1, -0.05) is 0 Å². The van der Waals surface area contributed by atoms with Gasteiger partial charge in [-0.2, -0.15) is 0 Å². The van der Waals surface area contributed by atoms with Crippen molar-refractivity contribution in [2.75, 3.05) is 26.8 Å². The quantitative estimate of drug-likeness (QED) is 0.615. The number of piperidine rings is 1. The number of ether oxygens (including phenoxy) is 2. The van der Waals surface area contributed by atoms with Crippen molar-refractivity contribution in [3.8, 4) is 0 Å². The van der Waals surface area contributed by atoms with E-state index in [0.717, 1.165) is 19.4 Å². The van der Waals surface area contributed by atoms with Crippen molar-refractivity contribution in [2.24, 2.45) is 5.92 Å². The number of Topliss-reactive ketones (excluding diaryl/α,β-unsaturated/α-hetero) is 1. The van der Waals surface area contributed by atoms with Crippen molar-refractivity contribution < 1.29 is 23.9 Å². The van der Waals surface area contributed by atoms with Crippen molar-refractivity contribution >= 4 is 17.7 Å². The number of carbonyl (C=O) groups is 3. The lowest BCUT2D eigenvalue weighted by Crippen LogP contribution is -2.47. The van der Waals surface area contributed by atoms with Gasteiger partial charge in [0.2, 0.25) is 0 Å². The van der Waals surface area contributed by atoms with E-state index in [2.05, 4.69) is 4.98 Å². The molecular weight excluding hydrogens is 336 g/mol. The molecule has 1 aliphatic heterocycles. The normalized spacial score (nSPS) is 19.0. The maximum atomic E-state index is 13.0. The molecule has 0 aliphatic carbocycles. The van der Waals surface area contributed by atoms with Gasteiger partial charge in [0.1, 0.15) is 0 Å². The number of aromatic amines is 1. The standard InChI is InChI=1S/C19H28N2O5/c1-6-26-18(23)14-8-7-9-21(10-14)13(4)17(22)16-11(2)15(12(3)20-16)19(24)25-5/h13-14,20H,6-10H2,1-5H3. The van der Waals surface area contributed by atoms with Crippen LogP contribution in [0.3, 0.4) is 0 Å². The summed E-state index contributed by atoms with van der Waals surface area (Å²) in [7, 11) is 1.32. The number of rotatable bonds is 6. The Balaban J connectivity index is 2.17. The molecule has 1 aromatic rings. The smallest absolute Gasteiger partial charge is 0.339 e. The van der Waals surface area contributed by atoms with E-state index < -0.39 is 12.0 Å². The van der Waals surface area contributed by atoms with Gasteiger partial charge in [0.15, 0.2) is 5.78 Å². The first-order valence-electron chi connectivity index (χ1n) is 9.04. The second-order valence-corrected chi connectivity index (χ2v) is 6.74. The Morgan fingerprint density at radius 1 is 1.31 bits per heavy atom. The van der Waals surface area contributed by atoms with Gasteiger partial charge in [-0.15, -0.1) is 0 Å². The molecule has 0 aromatic carbocycles. The van der Waals surface area contributed by atoms with Crippen molar-refractivity contribution in [1.29, 1.82) is 0 Å². The molecular formula is C19H28N2O5. The molecule has 1 aliphatic rings. The Kier molecular flexibility index (Phi) is 6.58. The maximum Gasteiger partial charge on any atom is 0.339 e. The molecule has 1 N–H and O–H groups in total. The first-order chi connectivity index (χ1) is 12.3. The first-order valence-corrected chi connectivity index (χ1v) is 9.04. The van der Waals surface area contributed by atoms with Crippen LogP contribution in [0.25, 0.3) is 0 Å². The van der Waals surface area contributed by atoms with Gasteiger partial charge in [-0.05, 0) is 52.6 Å². The minimum Gasteiger partial charge on any atom is -0.466 e. The summed E-state index contributed by atoms with van der Waals surface area (Å²) < 4.78 is 9.92. The third-order valence-electron chi connectivity index (χ3n) is 5.07. The van der Waals surface area contributed by atoms with Crippen LogP contribution in [0.5, 0.6) is 0 Å². The monoisotopic (exact) mass is 364 g/mol. The van der Waals surface area contributed by atoms with Crippen LogP contribution in [-0.4, -0.2) is 60.5 Å². The number of likely N-dealkylation sites (tertiary alicyclic amines) is 1. The van der Waals surface area contributed by atoms with Crippen molar-refractivity contribution in [2.45, 2.75) is 46.6 Å². The number of H-pyrrole nitrogens is 1. The summed E-state index contributed by atoms with van der Waals surface area (Å²) in [5.74, 6) is -0.943. The van der Waals surface area contributed by atoms with Gasteiger partial charge in [0, 0.05) is 12.2 Å². The molecule has 2 rings (SSSR count). The maximum absolute atomic E-state index is 13.0. The number of nitrogens with zero attached hydrogens (tertiary/aromatic N) is 1. The van der Waals surface area contributed by atoms with E-state index in [4.69, 9.17) is 9.47 Å². The first kappa shape index (κ1) is 20.2. The molecule has 7 heteroatoms. The molecule has 1 aromatic heterocycles. The Bertz CT molecular complexity index is 694. The van der Waals surface area contributed by atoms with Gasteiger partial charge in [-0.3, -0.25) is 14.5 Å². The Morgan fingerprint density at radius 2 is 2.00 bits per heavy atom. The fraction of sp³-hybridized carbons (Fsp3) is 0.632. The van der Waals surface area contributed by atoms with Gasteiger partial charge < -0.3 is 14.5 Å². The minimum atomic E-state index is -0.455. The highest BCUT2D eigenvalue weighted by Crippen LogP contribution is 2.24. The minimum absolute atomic E-state index is 0.0924. The number of nitrogens with one attached hydrogen (secondary N) is 1. The number of hydrogen-bond acceptors (Lipinski definition) is 6. The van der Waals surface area contributed by atoms with Crippen molar-refractivity contribution in [3.63, 3.8) is 0 Å². The van der Waals surface area contributed by atoms with Crippen LogP contribution in [0, 0.1) is 19.8 Å². The van der Waals surface area contributed by atoms with Crippen LogP contribution in [0.2, 0.25) is 0 Å². The second kappa shape index (κ2) is 8.49. The highest BCUT2D eigenvalue weighted by molar-refractivity contribution is 6.03. The van der Waals surface area contributed by atoms with E-state index in [-0.39, 0.29) is 17.7 Å². The lowest BCUT2D eigenvalue weighted by Gasteiger charge is -2.35. The number of hydrogen-bond donors (Lipinski definition) is 1. The molecule has 144 valence electrons. The number of esters is 2. The van der Waals surface area contributed by atoms with Gasteiger partial charge in [-0.25, -0.2) is 4.79 Å². The van der Waals surface area contributed by atoms with Crippen LogP contribution >= 0.6 is 0 Å². The SMILES string of the molecule is CCOC(=O)C1CCCN(C(C)C(=O)c2[nH]c(C)c(C(=O)OC)c2C)C1. The Morgan fingerprint density at radius 3 is 2.62 bits per heavy atom. The highest BCUT2D eigenvalue weighted by atomic mass is 16.5. The molecule has 26 heavy (non-hydrogen) atoms. The van der Waals surface area contributed by atoms with Crippen LogP contribution in [0.4, 0.5) is 0 Å². The number of aromatic nitrogens is 1. The van der Waals surface area contributed by atoms with Crippen molar-refractivity contribution in [3.05, 3.63) is 22.5 Å². The number of carbonyl (C=O) groups excluding carboxylic acids is 3. The fourth-order valence-electron chi connectivity index (χ4n) is 3.59. The molecule has 0 spiro atoms. The summed E-state index contributed by atoms with van der Waals surface area (Å²) in [5.41, 5.74) is 2.05. The third-order valence-corrected chi connectivity index (χ3v) is 5.07. The van der Waals surface area contributed by atoms with E-state index in [1.807, 2.05) is 11.8 Å². The lowest BCUT2D eigenvalue weighted by molar-refractivity contribution is -0.150. The number of ketones is 1. The molecule has 1 fully saturated rings. The molecule has 0 radical (unpaired) electrons. The fourth-order valence-corrected chi connectivity index (χ4v) is 3.59. The van der Waals surface area contributed by atoms with Gasteiger partial charge >= 0.3 is 11.9 Å². The molecule has 2 atom stereocenters. The van der Waals surface area contributed by atoms with E-state index >= 15 is 0 Å². The molecule has 2 unspecified atom stereocenters. The summed E-state index contributed by atoms with van der Waals surface area (Å²) >= 11 is 0. The molecule has 2 heterocycles. The van der Waals surface area contributed by atoms with Gasteiger partial charge in [0.05, 0.1) is 36.9 Å². The third kappa shape index (κ3) is 3.98. The molecule has 1 saturated heterocycles. The van der Waals surface area contributed by atoms with Crippen LogP contribution in [0.1, 0.15) is 58.8 Å². The van der Waals surface area contributed by atoms with E-state index in [1.165, 1.54) is 7.11 Å². The van der Waals surface area contributed by atoms with E-state index in [1.54, 1.807) is 20.8 Å². The predicted molar refractivity (Wildman–Crippen MR) is 96.3 cm³/mol. The van der Waals surface area contributed by atoms with E-state index in [9.17, 15) is 14.4 Å². The largest absolute Gasteiger partial charge is 0.466 e. The average Bonchev–Trinajstić information content (AvgIpc) is 2.94. The Hall–Kier alpha value is -2.15. The Labute approximate surface area is 154 Å². The number of methoxy groups -OCH3 is 1. The highest BCUT2D eigenvalue weighted by Gasteiger charge is 2.33. The molecule has 0 saturated carbocycles. The van der Waals surface area contributed by atoms with E-state index in [0.29, 0.717) is 35.7 Å². The lowest BCUT2D eigenvalue weighted by atomic mass is 9.95. The zero-order valence-corrected chi connectivity index (χ0v) is 16.2. The summed E-state index contributed by atoms with van der Waals surface area (Å²) in [4.78, 5) is 42.0. The second-order valence-electron chi connectivity index (χ2n) is 6.74. The topological polar surface area (TPSA) is 88.7 Å². The number of aryl methyl sites for hydroxylation is 1. The van der Waals surface area contributed by atoms with Crippen molar-refractivity contribution in [1.82, 2.24) is 9.88 Å². The van der Waals surface area contributed by atoms with Crippen LogP contribution < -0.4 is 0 Å². The van der Waals surface area contributed by atoms with Gasteiger partial charge in [0.25, 0.3) is 0 Å².